The molecule has 2 aromatic rings. The number of hydrogen-bond donors (Lipinski definition) is 2. The van der Waals surface area contributed by atoms with Crippen LogP contribution < -0.4 is 9.80 Å². The van der Waals surface area contributed by atoms with Crippen LogP contribution in [0, 0.1) is 11.3 Å². The van der Waals surface area contributed by atoms with Crippen molar-refractivity contribution in [1.82, 2.24) is 4.90 Å². The molecule has 29 heavy (non-hydrogen) atoms. The van der Waals surface area contributed by atoms with Crippen molar-refractivity contribution >= 4 is 5.91 Å². The molecular weight excluding hydrogens is 360 g/mol. The van der Waals surface area contributed by atoms with Crippen LogP contribution in [0.2, 0.25) is 0 Å². The lowest BCUT2D eigenvalue weighted by Crippen LogP contribution is -3.28. The van der Waals surface area contributed by atoms with Crippen molar-refractivity contribution in [2.45, 2.75) is 26.4 Å². The Morgan fingerprint density at radius 2 is 1.62 bits per heavy atom. The fourth-order valence-corrected chi connectivity index (χ4v) is 4.29. The Hall–Kier alpha value is -2.68. The van der Waals surface area contributed by atoms with E-state index >= 15 is 0 Å². The summed E-state index contributed by atoms with van der Waals surface area (Å²) in [5.74, 6) is 0.242. The van der Waals surface area contributed by atoms with E-state index < -0.39 is 0 Å². The van der Waals surface area contributed by atoms with Crippen molar-refractivity contribution in [3.63, 3.8) is 0 Å². The number of hydrogen-bond acceptors (Lipinski definition) is 2. The highest BCUT2D eigenvalue weighted by Crippen LogP contribution is 2.13. The quantitative estimate of drug-likeness (QED) is 0.719. The van der Waals surface area contributed by atoms with Crippen LogP contribution in [0.3, 0.4) is 0 Å². The van der Waals surface area contributed by atoms with E-state index in [1.807, 2.05) is 35.2 Å². The summed E-state index contributed by atoms with van der Waals surface area (Å²) in [6.07, 6.45) is 0. The van der Waals surface area contributed by atoms with E-state index in [0.717, 1.165) is 51.4 Å². The third-order valence-corrected chi connectivity index (χ3v) is 6.00. The summed E-state index contributed by atoms with van der Waals surface area (Å²) in [6.45, 7) is 10.6. The molecule has 5 heteroatoms. The molecule has 1 heterocycles. The van der Waals surface area contributed by atoms with E-state index in [1.54, 1.807) is 4.90 Å². The Morgan fingerprint density at radius 1 is 1.00 bits per heavy atom. The third-order valence-electron chi connectivity index (χ3n) is 6.00. The van der Waals surface area contributed by atoms with Gasteiger partial charge >= 0.3 is 0 Å². The third kappa shape index (κ3) is 5.23. The number of amides is 1. The Bertz CT molecular complexity index is 816. The molecule has 1 aliphatic rings. The molecule has 3 rings (SSSR count). The largest absolute Gasteiger partial charge is 0.338 e. The van der Waals surface area contributed by atoms with E-state index in [1.165, 1.54) is 10.5 Å². The van der Waals surface area contributed by atoms with Gasteiger partial charge in [0, 0.05) is 24.2 Å². The molecule has 1 amide bonds. The zero-order valence-corrected chi connectivity index (χ0v) is 17.5. The minimum absolute atomic E-state index is 0.118. The van der Waals surface area contributed by atoms with E-state index in [9.17, 15) is 4.79 Å². The van der Waals surface area contributed by atoms with Crippen LogP contribution in [0.25, 0.3) is 0 Å². The highest BCUT2D eigenvalue weighted by atomic mass is 16.2. The number of likely N-dealkylation sites (N-methyl/N-ethyl adjacent to an activating group) is 1. The Balaban J connectivity index is 1.68. The Labute approximate surface area is 174 Å². The molecule has 0 saturated carbocycles. The van der Waals surface area contributed by atoms with Crippen molar-refractivity contribution in [2.75, 3.05) is 39.3 Å². The van der Waals surface area contributed by atoms with Crippen LogP contribution in [-0.2, 0) is 11.3 Å². The van der Waals surface area contributed by atoms with Crippen molar-refractivity contribution in [3.05, 3.63) is 71.3 Å². The monoisotopic (exact) mass is 392 g/mol. The van der Waals surface area contributed by atoms with Gasteiger partial charge in [-0.05, 0) is 26.0 Å². The zero-order chi connectivity index (χ0) is 20.6. The second kappa shape index (κ2) is 10.2. The molecule has 0 unspecified atom stereocenters. The lowest BCUT2D eigenvalue weighted by molar-refractivity contribution is -1.03. The van der Waals surface area contributed by atoms with E-state index in [0.29, 0.717) is 5.56 Å². The second-order valence-electron chi connectivity index (χ2n) is 7.75. The van der Waals surface area contributed by atoms with Crippen LogP contribution in [0.4, 0.5) is 0 Å². The first-order valence-corrected chi connectivity index (χ1v) is 10.7. The molecule has 1 atom stereocenters. The van der Waals surface area contributed by atoms with Crippen LogP contribution in [0.15, 0.2) is 54.6 Å². The van der Waals surface area contributed by atoms with Crippen molar-refractivity contribution in [2.24, 2.45) is 0 Å². The summed E-state index contributed by atoms with van der Waals surface area (Å²) >= 11 is 0. The number of carbonyl (C=O) groups is 1. The van der Waals surface area contributed by atoms with Gasteiger partial charge in [-0.1, -0.05) is 42.5 Å². The predicted molar refractivity (Wildman–Crippen MR) is 113 cm³/mol. The van der Waals surface area contributed by atoms with Crippen LogP contribution in [0.5, 0.6) is 0 Å². The topological polar surface area (TPSA) is 53.0 Å². The Morgan fingerprint density at radius 3 is 2.17 bits per heavy atom. The fourth-order valence-electron chi connectivity index (χ4n) is 4.29. The molecular formula is C24H32N4O+2. The number of nitrogens with zero attached hydrogens (tertiary/aromatic N) is 2. The van der Waals surface area contributed by atoms with Gasteiger partial charge in [0.2, 0.25) is 0 Å². The lowest BCUT2D eigenvalue weighted by Gasteiger charge is -2.36. The maximum absolute atomic E-state index is 13.3. The molecule has 1 aliphatic heterocycles. The molecule has 1 saturated heterocycles. The average Bonchev–Trinajstić information content (AvgIpc) is 2.77. The standard InChI is InChI=1S/C24H30N4O/c1-3-27(4-2)24(29)23(22-8-6-5-7-9-22)28-16-14-26(15-17-28)19-21-12-10-20(18-25)11-13-21/h5-13,23H,3-4,14-17,19H2,1-2H3/p+2/t23-/m1/s1. The number of rotatable bonds is 7. The number of benzene rings is 2. The molecule has 0 bridgehead atoms. The molecule has 5 nitrogen and oxygen atoms in total. The first-order valence-electron chi connectivity index (χ1n) is 10.7. The van der Waals surface area contributed by atoms with Gasteiger partial charge in [0.1, 0.15) is 32.7 Å². The number of quaternary nitrogens is 2. The lowest BCUT2D eigenvalue weighted by atomic mass is 10.0. The highest BCUT2D eigenvalue weighted by molar-refractivity contribution is 5.82. The second-order valence-corrected chi connectivity index (χ2v) is 7.75. The molecule has 1 fully saturated rings. The number of piperazine rings is 1. The van der Waals surface area contributed by atoms with Crippen molar-refractivity contribution in [1.29, 1.82) is 5.26 Å². The van der Waals surface area contributed by atoms with E-state index in [-0.39, 0.29) is 11.9 Å². The van der Waals surface area contributed by atoms with Crippen molar-refractivity contribution < 1.29 is 14.6 Å². The van der Waals surface area contributed by atoms with Gasteiger partial charge < -0.3 is 14.7 Å². The minimum atomic E-state index is -0.118. The summed E-state index contributed by atoms with van der Waals surface area (Å²) in [5, 5.41) is 8.96. The van der Waals surface area contributed by atoms with Gasteiger partial charge in [0.25, 0.3) is 5.91 Å². The minimum Gasteiger partial charge on any atom is -0.338 e. The predicted octanol–water partition coefficient (Wildman–Crippen LogP) is 0.451. The Kier molecular flexibility index (Phi) is 7.40. The van der Waals surface area contributed by atoms with Gasteiger partial charge in [-0.15, -0.1) is 0 Å². The summed E-state index contributed by atoms with van der Waals surface area (Å²) in [7, 11) is 0. The van der Waals surface area contributed by atoms with E-state index in [4.69, 9.17) is 5.26 Å². The SMILES string of the molecule is CCN(CC)C(=O)[C@@H](c1ccccc1)[NH+]1CC[NH+](Cc2ccc(C#N)cc2)CC1. The summed E-state index contributed by atoms with van der Waals surface area (Å²) in [4.78, 5) is 18.2. The maximum Gasteiger partial charge on any atom is 0.285 e. The van der Waals surface area contributed by atoms with Gasteiger partial charge in [-0.2, -0.15) is 5.26 Å². The summed E-state index contributed by atoms with van der Waals surface area (Å²) < 4.78 is 0. The molecule has 0 radical (unpaired) electrons. The molecule has 2 aromatic carbocycles. The van der Waals surface area contributed by atoms with Gasteiger partial charge in [-0.25, -0.2) is 0 Å². The van der Waals surface area contributed by atoms with Crippen molar-refractivity contribution in [3.8, 4) is 6.07 Å². The summed E-state index contributed by atoms with van der Waals surface area (Å²) in [5.41, 5.74) is 3.09. The zero-order valence-electron chi connectivity index (χ0n) is 17.5. The van der Waals surface area contributed by atoms with Crippen LogP contribution >= 0.6 is 0 Å². The van der Waals surface area contributed by atoms with Crippen LogP contribution in [-0.4, -0.2) is 50.1 Å². The molecule has 152 valence electrons. The molecule has 0 spiro atoms. The molecule has 2 N–H and O–H groups in total. The van der Waals surface area contributed by atoms with Gasteiger partial charge in [0.05, 0.1) is 11.6 Å². The molecule has 0 aromatic heterocycles. The normalized spacial score (nSPS) is 19.9. The van der Waals surface area contributed by atoms with Gasteiger partial charge in [-0.3, -0.25) is 4.79 Å². The highest BCUT2D eigenvalue weighted by Gasteiger charge is 2.37. The summed E-state index contributed by atoms with van der Waals surface area (Å²) in [6, 6.07) is 20.2. The number of nitriles is 1. The first-order chi connectivity index (χ1) is 14.2. The number of carbonyl (C=O) groups excluding carboxylic acids is 1. The van der Waals surface area contributed by atoms with Crippen LogP contribution in [0.1, 0.15) is 36.6 Å². The average molecular weight is 393 g/mol. The maximum atomic E-state index is 13.3. The smallest absolute Gasteiger partial charge is 0.285 e. The first kappa shape index (κ1) is 21.0. The molecule has 0 aliphatic carbocycles. The fraction of sp³-hybridized carbons (Fsp3) is 0.417. The van der Waals surface area contributed by atoms with E-state index in [2.05, 4.69) is 44.2 Å². The number of nitrogens with one attached hydrogen (secondary N) is 2. The van der Waals surface area contributed by atoms with Gasteiger partial charge in [0.15, 0.2) is 6.04 Å².